The second-order valence-corrected chi connectivity index (χ2v) is 7.95. The third-order valence-electron chi connectivity index (χ3n) is 4.52. The van der Waals surface area contributed by atoms with Gasteiger partial charge in [-0.05, 0) is 41.8 Å². The minimum absolute atomic E-state index is 0.0426. The highest BCUT2D eigenvalue weighted by molar-refractivity contribution is 7.92. The summed E-state index contributed by atoms with van der Waals surface area (Å²) in [6.45, 7) is 2.50. The van der Waals surface area contributed by atoms with E-state index in [2.05, 4.69) is 4.72 Å². The second-order valence-electron chi connectivity index (χ2n) is 6.26. The zero-order valence-corrected chi connectivity index (χ0v) is 15.9. The average Bonchev–Trinajstić information content (AvgIpc) is 2.66. The molecule has 0 saturated heterocycles. The number of rotatable bonds is 4. The van der Waals surface area contributed by atoms with Gasteiger partial charge in [0, 0.05) is 20.0 Å². The highest BCUT2D eigenvalue weighted by atomic mass is 32.2. The van der Waals surface area contributed by atoms with Gasteiger partial charge in [-0.3, -0.25) is 9.52 Å². The van der Waals surface area contributed by atoms with Crippen LogP contribution in [0.25, 0.3) is 0 Å². The van der Waals surface area contributed by atoms with Crippen LogP contribution in [0.5, 0.6) is 0 Å². The largest absolute Gasteiger partial charge is 0.465 e. The number of methoxy groups -OCH3 is 1. The van der Waals surface area contributed by atoms with Gasteiger partial charge in [0.15, 0.2) is 0 Å². The van der Waals surface area contributed by atoms with Crippen LogP contribution in [0.4, 0.5) is 5.69 Å². The van der Waals surface area contributed by atoms with Crippen LogP contribution in [0.15, 0.2) is 47.4 Å². The molecule has 1 aliphatic rings. The highest BCUT2D eigenvalue weighted by Crippen LogP contribution is 2.25. The van der Waals surface area contributed by atoms with Crippen molar-refractivity contribution in [1.82, 2.24) is 4.90 Å². The van der Waals surface area contributed by atoms with Crippen molar-refractivity contribution in [3.63, 3.8) is 0 Å². The summed E-state index contributed by atoms with van der Waals surface area (Å²) in [4.78, 5) is 25.2. The fraction of sp³-hybridized carbons (Fsp3) is 0.263. The maximum atomic E-state index is 12.8. The first kappa shape index (κ1) is 18.9. The van der Waals surface area contributed by atoms with Crippen LogP contribution >= 0.6 is 0 Å². The van der Waals surface area contributed by atoms with Crippen molar-refractivity contribution in [2.24, 2.45) is 0 Å². The minimum atomic E-state index is -3.91. The molecule has 8 heteroatoms. The lowest BCUT2D eigenvalue weighted by Crippen LogP contribution is -2.34. The summed E-state index contributed by atoms with van der Waals surface area (Å²) in [5.41, 5.74) is 2.11. The number of esters is 1. The first-order valence-corrected chi connectivity index (χ1v) is 9.87. The van der Waals surface area contributed by atoms with Crippen LogP contribution in [-0.2, 0) is 32.5 Å². The normalized spacial score (nSPS) is 13.6. The summed E-state index contributed by atoms with van der Waals surface area (Å²) < 4.78 is 32.8. The molecule has 0 aliphatic carbocycles. The maximum Gasteiger partial charge on any atom is 0.339 e. The number of anilines is 1. The molecule has 142 valence electrons. The molecule has 0 fully saturated rings. The number of carbonyl (C=O) groups excluding carboxylic acids is 2. The number of nitrogens with one attached hydrogen (secondary N) is 1. The van der Waals surface area contributed by atoms with E-state index in [-0.39, 0.29) is 22.1 Å². The van der Waals surface area contributed by atoms with Crippen LogP contribution in [0.1, 0.15) is 28.4 Å². The molecule has 0 spiro atoms. The smallest absolute Gasteiger partial charge is 0.339 e. The lowest BCUT2D eigenvalue weighted by Gasteiger charge is -2.28. The zero-order chi connectivity index (χ0) is 19.6. The van der Waals surface area contributed by atoms with E-state index in [1.165, 1.54) is 32.2 Å². The molecule has 0 aromatic heterocycles. The monoisotopic (exact) mass is 388 g/mol. The number of para-hydroxylation sites is 1. The Morgan fingerprint density at radius 2 is 1.85 bits per heavy atom. The van der Waals surface area contributed by atoms with Crippen molar-refractivity contribution >= 4 is 27.6 Å². The number of carbonyl (C=O) groups is 2. The average molecular weight is 388 g/mol. The van der Waals surface area contributed by atoms with Crippen molar-refractivity contribution in [3.8, 4) is 0 Å². The van der Waals surface area contributed by atoms with E-state index in [1.54, 1.807) is 29.2 Å². The number of sulfonamides is 1. The molecule has 2 aromatic rings. The molecule has 27 heavy (non-hydrogen) atoms. The summed E-state index contributed by atoms with van der Waals surface area (Å²) in [6.07, 6.45) is 0.688. The Kier molecular flexibility index (Phi) is 5.18. The van der Waals surface area contributed by atoms with E-state index >= 15 is 0 Å². The van der Waals surface area contributed by atoms with Gasteiger partial charge >= 0.3 is 5.97 Å². The molecule has 1 amide bonds. The molecule has 7 nitrogen and oxygen atoms in total. The van der Waals surface area contributed by atoms with Crippen molar-refractivity contribution in [3.05, 3.63) is 59.2 Å². The molecule has 2 aromatic carbocycles. The Hall–Kier alpha value is -2.87. The van der Waals surface area contributed by atoms with Crippen molar-refractivity contribution in [2.45, 2.75) is 24.8 Å². The number of fused-ring (bicyclic) bond motifs is 1. The molecule has 1 heterocycles. The van der Waals surface area contributed by atoms with Crippen molar-refractivity contribution in [1.29, 1.82) is 0 Å². The van der Waals surface area contributed by atoms with Gasteiger partial charge in [0.2, 0.25) is 5.91 Å². The molecule has 0 bridgehead atoms. The van der Waals surface area contributed by atoms with E-state index in [9.17, 15) is 18.0 Å². The topological polar surface area (TPSA) is 92.8 Å². The van der Waals surface area contributed by atoms with Gasteiger partial charge in [0.05, 0.1) is 23.3 Å². The van der Waals surface area contributed by atoms with Crippen molar-refractivity contribution < 1.29 is 22.7 Å². The minimum Gasteiger partial charge on any atom is -0.465 e. The van der Waals surface area contributed by atoms with Crippen molar-refractivity contribution in [2.75, 3.05) is 18.4 Å². The van der Waals surface area contributed by atoms with Gasteiger partial charge in [0.25, 0.3) is 10.0 Å². The Labute approximate surface area is 158 Å². The zero-order valence-electron chi connectivity index (χ0n) is 15.1. The fourth-order valence-electron chi connectivity index (χ4n) is 3.03. The van der Waals surface area contributed by atoms with Crippen LogP contribution in [0, 0.1) is 0 Å². The lowest BCUT2D eigenvalue weighted by molar-refractivity contribution is -0.129. The Morgan fingerprint density at radius 3 is 2.56 bits per heavy atom. The second kappa shape index (κ2) is 7.40. The fourth-order valence-corrected chi connectivity index (χ4v) is 4.16. The number of nitrogens with zero attached hydrogens (tertiary/aromatic N) is 1. The first-order chi connectivity index (χ1) is 12.8. The molecular formula is C19H20N2O5S. The van der Waals surface area contributed by atoms with E-state index in [4.69, 9.17) is 4.74 Å². The lowest BCUT2D eigenvalue weighted by atomic mass is 10.00. The summed E-state index contributed by atoms with van der Waals surface area (Å²) in [7, 11) is -2.68. The molecule has 0 saturated carbocycles. The maximum absolute atomic E-state index is 12.8. The highest BCUT2D eigenvalue weighted by Gasteiger charge is 2.23. The number of ether oxygens (including phenoxy) is 1. The van der Waals surface area contributed by atoms with Crippen LogP contribution in [-0.4, -0.2) is 38.8 Å². The van der Waals surface area contributed by atoms with Crippen LogP contribution in [0.3, 0.4) is 0 Å². The van der Waals surface area contributed by atoms with Gasteiger partial charge in [-0.15, -0.1) is 0 Å². The molecule has 0 unspecified atom stereocenters. The first-order valence-electron chi connectivity index (χ1n) is 8.39. The Bertz CT molecular complexity index is 1000. The summed E-state index contributed by atoms with van der Waals surface area (Å²) in [5, 5.41) is 0. The van der Waals surface area contributed by atoms with Gasteiger partial charge in [-0.2, -0.15) is 0 Å². The van der Waals surface area contributed by atoms with Gasteiger partial charge < -0.3 is 9.64 Å². The number of amides is 1. The summed E-state index contributed by atoms with van der Waals surface area (Å²) in [5.74, 6) is -0.671. The standard InChI is InChI=1S/C19H20N2O5S/c1-13(22)21-10-9-14-7-8-16(11-15(14)12-21)27(24,25)20-18-6-4-3-5-17(18)19(23)26-2/h3-8,11,20H,9-10,12H2,1-2H3. The van der Waals surface area contributed by atoms with Gasteiger partial charge in [-0.1, -0.05) is 18.2 Å². The number of benzene rings is 2. The molecule has 1 aliphatic heterocycles. The Morgan fingerprint density at radius 1 is 1.11 bits per heavy atom. The van der Waals surface area contributed by atoms with E-state index in [0.717, 1.165) is 11.1 Å². The predicted molar refractivity (Wildman–Crippen MR) is 99.8 cm³/mol. The SMILES string of the molecule is COC(=O)c1ccccc1NS(=O)(=O)c1ccc2c(c1)CN(C(C)=O)CC2. The molecule has 0 radical (unpaired) electrons. The third-order valence-corrected chi connectivity index (χ3v) is 5.89. The Balaban J connectivity index is 1.92. The number of hydrogen-bond acceptors (Lipinski definition) is 5. The summed E-state index contributed by atoms with van der Waals surface area (Å²) >= 11 is 0. The number of hydrogen-bond donors (Lipinski definition) is 1. The van der Waals surface area contributed by atoms with E-state index in [1.807, 2.05) is 0 Å². The molecule has 1 N–H and O–H groups in total. The third kappa shape index (κ3) is 3.95. The van der Waals surface area contributed by atoms with E-state index < -0.39 is 16.0 Å². The molecule has 0 atom stereocenters. The van der Waals surface area contributed by atoms with Gasteiger partial charge in [0.1, 0.15) is 0 Å². The van der Waals surface area contributed by atoms with Gasteiger partial charge in [-0.25, -0.2) is 13.2 Å². The van der Waals surface area contributed by atoms with Crippen LogP contribution < -0.4 is 4.72 Å². The quantitative estimate of drug-likeness (QED) is 0.811. The summed E-state index contributed by atoms with van der Waals surface area (Å²) in [6, 6.07) is 11.1. The predicted octanol–water partition coefficient (Wildman–Crippen LogP) is 2.18. The van der Waals surface area contributed by atoms with E-state index in [0.29, 0.717) is 19.5 Å². The molecular weight excluding hydrogens is 368 g/mol. The van der Waals surface area contributed by atoms with Crippen LogP contribution in [0.2, 0.25) is 0 Å². The molecule has 3 rings (SSSR count).